The Hall–Kier alpha value is -0.0551. The summed E-state index contributed by atoms with van der Waals surface area (Å²) in [7, 11) is -0.299. The van der Waals surface area contributed by atoms with Gasteiger partial charge in [-0.3, -0.25) is 0 Å². The lowest BCUT2D eigenvalue weighted by Gasteiger charge is -2.30. The van der Waals surface area contributed by atoms with Crippen LogP contribution in [0.5, 0.6) is 0 Å². The molecule has 0 aromatic heterocycles. The predicted octanol–water partition coefficient (Wildman–Crippen LogP) is -0.480. The lowest BCUT2D eigenvalue weighted by molar-refractivity contribution is 0.290. The Morgan fingerprint density at radius 3 is 2.40 bits per heavy atom. The van der Waals surface area contributed by atoms with Crippen molar-refractivity contribution in [1.82, 2.24) is 4.81 Å². The maximum absolute atomic E-state index is 9.15. The zero-order valence-electron chi connectivity index (χ0n) is 6.45. The molecule has 3 nitrogen and oxygen atoms in total. The molecule has 1 aliphatic heterocycles. The first-order valence-corrected chi connectivity index (χ1v) is 3.88. The molecule has 0 radical (unpaired) electrons. The number of nitrogens with zero attached hydrogens (tertiary/aromatic N) is 1. The van der Waals surface area contributed by atoms with Gasteiger partial charge in [0.2, 0.25) is 0 Å². The number of piperidine rings is 1. The topological polar surface area (TPSA) is 49.5 Å². The van der Waals surface area contributed by atoms with Crippen molar-refractivity contribution < 1.29 is 5.02 Å². The molecule has 0 saturated carbocycles. The number of rotatable bonds is 1. The van der Waals surface area contributed by atoms with Crippen LogP contribution >= 0.6 is 0 Å². The molecule has 0 atom stereocenters. The maximum atomic E-state index is 9.15. The molecule has 1 fully saturated rings. The number of nitrogens with two attached hydrogens (primary N) is 1. The van der Waals surface area contributed by atoms with Gasteiger partial charge in [0.05, 0.1) is 0 Å². The molecule has 0 aromatic carbocycles. The molecular formula is C6H15BN2O. The Morgan fingerprint density at radius 2 is 2.00 bits per heavy atom. The Kier molecular flexibility index (Phi) is 2.71. The van der Waals surface area contributed by atoms with Crippen LogP contribution in [0, 0.1) is 0 Å². The van der Waals surface area contributed by atoms with Gasteiger partial charge in [-0.15, -0.1) is 0 Å². The fraction of sp³-hybridized carbons (Fsp3) is 1.00. The Morgan fingerprint density at radius 1 is 1.50 bits per heavy atom. The molecule has 10 heavy (non-hydrogen) atoms. The van der Waals surface area contributed by atoms with Gasteiger partial charge in [0, 0.05) is 6.04 Å². The maximum Gasteiger partial charge on any atom is 0.376 e. The second kappa shape index (κ2) is 3.37. The van der Waals surface area contributed by atoms with Gasteiger partial charge in [-0.05, 0) is 32.8 Å². The number of hydrogen-bond acceptors (Lipinski definition) is 3. The normalized spacial score (nSPS) is 23.1. The van der Waals surface area contributed by atoms with E-state index in [0.29, 0.717) is 6.04 Å². The zero-order chi connectivity index (χ0) is 7.56. The third-order valence-electron chi connectivity index (χ3n) is 2.10. The van der Waals surface area contributed by atoms with Crippen molar-refractivity contribution in [2.45, 2.75) is 25.7 Å². The van der Waals surface area contributed by atoms with Gasteiger partial charge in [-0.2, -0.15) is 0 Å². The minimum absolute atomic E-state index is 0.299. The Balaban J connectivity index is 2.26. The quantitative estimate of drug-likeness (QED) is 0.486. The average molecular weight is 142 g/mol. The van der Waals surface area contributed by atoms with E-state index in [1.165, 1.54) is 0 Å². The van der Waals surface area contributed by atoms with Gasteiger partial charge < -0.3 is 15.6 Å². The van der Waals surface area contributed by atoms with Gasteiger partial charge in [0.15, 0.2) is 0 Å². The zero-order valence-corrected chi connectivity index (χ0v) is 6.45. The van der Waals surface area contributed by atoms with Crippen LogP contribution < -0.4 is 5.73 Å². The summed E-state index contributed by atoms with van der Waals surface area (Å²) in [5, 5.41) is 9.15. The largest absolute Gasteiger partial charge is 0.437 e. The summed E-state index contributed by atoms with van der Waals surface area (Å²) >= 11 is 0. The Bertz CT molecular complexity index is 102. The van der Waals surface area contributed by atoms with Gasteiger partial charge >= 0.3 is 7.05 Å². The van der Waals surface area contributed by atoms with E-state index in [2.05, 4.69) is 0 Å². The van der Waals surface area contributed by atoms with Gasteiger partial charge in [-0.25, -0.2) is 0 Å². The van der Waals surface area contributed by atoms with E-state index < -0.39 is 0 Å². The molecule has 1 rings (SSSR count). The van der Waals surface area contributed by atoms with Crippen LogP contribution in [0.15, 0.2) is 0 Å². The number of hydrogen-bond donors (Lipinski definition) is 2. The van der Waals surface area contributed by atoms with E-state index >= 15 is 0 Å². The summed E-state index contributed by atoms with van der Waals surface area (Å²) in [5.74, 6) is 0. The van der Waals surface area contributed by atoms with Crippen molar-refractivity contribution in [3.63, 3.8) is 0 Å². The van der Waals surface area contributed by atoms with E-state index in [-0.39, 0.29) is 7.05 Å². The molecule has 1 saturated heterocycles. The van der Waals surface area contributed by atoms with Crippen molar-refractivity contribution >= 4 is 7.05 Å². The highest BCUT2D eigenvalue weighted by molar-refractivity contribution is 6.45. The molecule has 1 heterocycles. The summed E-state index contributed by atoms with van der Waals surface area (Å²) in [6, 6.07) is 0.356. The van der Waals surface area contributed by atoms with E-state index in [1.54, 1.807) is 6.82 Å². The van der Waals surface area contributed by atoms with Crippen LogP contribution in [0.3, 0.4) is 0 Å². The van der Waals surface area contributed by atoms with Crippen molar-refractivity contribution in [3.05, 3.63) is 0 Å². The molecular weight excluding hydrogens is 127 g/mol. The van der Waals surface area contributed by atoms with Crippen molar-refractivity contribution in [2.75, 3.05) is 13.1 Å². The van der Waals surface area contributed by atoms with Gasteiger partial charge in [0.25, 0.3) is 0 Å². The first kappa shape index (κ1) is 8.05. The SMILES string of the molecule is CB(O)N1CCC(N)CC1. The fourth-order valence-electron chi connectivity index (χ4n) is 1.29. The first-order chi connectivity index (χ1) is 4.70. The summed E-state index contributed by atoms with van der Waals surface area (Å²) in [4.78, 5) is 2.04. The van der Waals surface area contributed by atoms with Crippen LogP contribution in [0.4, 0.5) is 0 Å². The van der Waals surface area contributed by atoms with E-state index in [0.717, 1.165) is 25.9 Å². The van der Waals surface area contributed by atoms with Crippen molar-refractivity contribution in [2.24, 2.45) is 5.73 Å². The summed E-state index contributed by atoms with van der Waals surface area (Å²) in [6.07, 6.45) is 2.04. The predicted molar refractivity (Wildman–Crippen MR) is 42.6 cm³/mol. The molecule has 0 spiro atoms. The van der Waals surface area contributed by atoms with Gasteiger partial charge in [-0.1, -0.05) is 0 Å². The lowest BCUT2D eigenvalue weighted by atomic mass is 9.82. The second-order valence-corrected chi connectivity index (χ2v) is 3.01. The van der Waals surface area contributed by atoms with Gasteiger partial charge in [0.1, 0.15) is 0 Å². The van der Waals surface area contributed by atoms with E-state index in [9.17, 15) is 0 Å². The van der Waals surface area contributed by atoms with Crippen LogP contribution in [-0.4, -0.2) is 36.0 Å². The minimum atomic E-state index is -0.299. The molecule has 3 N–H and O–H groups in total. The third-order valence-corrected chi connectivity index (χ3v) is 2.10. The molecule has 0 bridgehead atoms. The van der Waals surface area contributed by atoms with E-state index in [1.807, 2.05) is 4.81 Å². The smallest absolute Gasteiger partial charge is 0.376 e. The summed E-state index contributed by atoms with van der Waals surface area (Å²) < 4.78 is 0. The molecule has 0 amide bonds. The molecule has 0 aromatic rings. The average Bonchev–Trinajstić information content (AvgIpc) is 1.88. The van der Waals surface area contributed by atoms with Crippen molar-refractivity contribution in [1.29, 1.82) is 0 Å². The highest BCUT2D eigenvalue weighted by atomic mass is 16.2. The first-order valence-electron chi connectivity index (χ1n) is 3.88. The highest BCUT2D eigenvalue weighted by Crippen LogP contribution is 2.08. The van der Waals surface area contributed by atoms with Crippen LogP contribution in [0.25, 0.3) is 0 Å². The Labute approximate surface area is 62.3 Å². The van der Waals surface area contributed by atoms with E-state index in [4.69, 9.17) is 10.8 Å². The van der Waals surface area contributed by atoms with Crippen LogP contribution in [0.2, 0.25) is 6.82 Å². The minimum Gasteiger partial charge on any atom is -0.437 e. The molecule has 0 aliphatic carbocycles. The molecule has 0 unspecified atom stereocenters. The monoisotopic (exact) mass is 142 g/mol. The fourth-order valence-corrected chi connectivity index (χ4v) is 1.29. The lowest BCUT2D eigenvalue weighted by Crippen LogP contribution is -2.46. The molecule has 4 heteroatoms. The second-order valence-electron chi connectivity index (χ2n) is 3.01. The summed E-state index contributed by atoms with van der Waals surface area (Å²) in [5.41, 5.74) is 5.69. The molecule has 1 aliphatic rings. The molecule has 58 valence electrons. The van der Waals surface area contributed by atoms with Crippen molar-refractivity contribution in [3.8, 4) is 0 Å². The standard InChI is InChI=1S/C6H15BN2O/c1-7(10)9-4-2-6(8)3-5-9/h6,10H,2-5,8H2,1H3. The highest BCUT2D eigenvalue weighted by Gasteiger charge is 2.21. The summed E-state index contributed by atoms with van der Waals surface area (Å²) in [6.45, 7) is 3.69. The third kappa shape index (κ3) is 1.97. The van der Waals surface area contributed by atoms with Crippen LogP contribution in [-0.2, 0) is 0 Å². The van der Waals surface area contributed by atoms with Crippen LogP contribution in [0.1, 0.15) is 12.8 Å².